The van der Waals surface area contributed by atoms with Crippen LogP contribution in [-0.2, 0) is 23.1 Å². The monoisotopic (exact) mass is 315 g/mol. The second-order valence-corrected chi connectivity index (χ2v) is 5.99. The lowest BCUT2D eigenvalue weighted by Gasteiger charge is -2.20. The van der Waals surface area contributed by atoms with Gasteiger partial charge in [0.2, 0.25) is 11.8 Å². The van der Waals surface area contributed by atoms with Crippen molar-refractivity contribution >= 4 is 22.7 Å². The van der Waals surface area contributed by atoms with Gasteiger partial charge < -0.3 is 20.3 Å². The number of hydrogen-bond acceptors (Lipinski definition) is 3. The van der Waals surface area contributed by atoms with E-state index in [1.54, 1.807) is 12.1 Å². The van der Waals surface area contributed by atoms with Gasteiger partial charge >= 0.3 is 0 Å². The molecule has 1 aliphatic heterocycles. The van der Waals surface area contributed by atoms with Crippen LogP contribution in [0.5, 0.6) is 5.75 Å². The van der Waals surface area contributed by atoms with E-state index in [-0.39, 0.29) is 17.6 Å². The predicted octanol–water partition coefficient (Wildman–Crippen LogP) is 1.07. The lowest BCUT2D eigenvalue weighted by Crippen LogP contribution is -2.45. The van der Waals surface area contributed by atoms with Gasteiger partial charge in [-0.3, -0.25) is 9.59 Å². The van der Waals surface area contributed by atoms with Crippen LogP contribution in [0.1, 0.15) is 18.4 Å². The molecule has 6 heteroatoms. The summed E-state index contributed by atoms with van der Waals surface area (Å²) < 4.78 is 2.00. The largest absolute Gasteiger partial charge is 0.508 e. The molecule has 1 saturated heterocycles. The number of nitrogens with one attached hydrogen (secondary N) is 2. The molecule has 0 aliphatic carbocycles. The topological polar surface area (TPSA) is 83.4 Å². The number of benzene rings is 1. The number of rotatable bonds is 4. The van der Waals surface area contributed by atoms with Crippen LogP contribution in [0.4, 0.5) is 0 Å². The van der Waals surface area contributed by atoms with Crippen molar-refractivity contribution in [3.63, 3.8) is 0 Å². The number of phenols is 1. The zero-order chi connectivity index (χ0) is 16.4. The highest BCUT2D eigenvalue weighted by atomic mass is 16.3. The fourth-order valence-corrected chi connectivity index (χ4v) is 3.13. The van der Waals surface area contributed by atoms with Crippen LogP contribution in [0.3, 0.4) is 0 Å². The lowest BCUT2D eigenvalue weighted by molar-refractivity contribution is -0.136. The molecule has 1 aromatic heterocycles. The molecule has 1 unspecified atom stereocenters. The molecule has 6 nitrogen and oxygen atoms in total. The number of aromatic hydroxyl groups is 1. The Balaban J connectivity index is 1.63. The third kappa shape index (κ3) is 3.16. The van der Waals surface area contributed by atoms with E-state index in [1.807, 2.05) is 23.9 Å². The van der Waals surface area contributed by atoms with E-state index in [4.69, 9.17) is 0 Å². The summed E-state index contributed by atoms with van der Waals surface area (Å²) in [7, 11) is 1.95. The molecular formula is C17H21N3O3. The Hall–Kier alpha value is -2.50. The molecule has 0 saturated carbocycles. The number of piperidine rings is 1. The van der Waals surface area contributed by atoms with Crippen molar-refractivity contribution in [2.75, 3.05) is 13.1 Å². The molecule has 1 aliphatic rings. The number of carbonyl (C=O) groups is 2. The highest BCUT2D eigenvalue weighted by Crippen LogP contribution is 2.25. The van der Waals surface area contributed by atoms with E-state index < -0.39 is 5.92 Å². The van der Waals surface area contributed by atoms with Gasteiger partial charge in [-0.1, -0.05) is 0 Å². The normalized spacial score (nSPS) is 18.0. The van der Waals surface area contributed by atoms with Gasteiger partial charge in [0, 0.05) is 37.2 Å². The van der Waals surface area contributed by atoms with Crippen LogP contribution in [0, 0.1) is 5.92 Å². The molecule has 3 N–H and O–H groups in total. The summed E-state index contributed by atoms with van der Waals surface area (Å²) in [5.74, 6) is -0.720. The Bertz CT molecular complexity index is 751. The summed E-state index contributed by atoms with van der Waals surface area (Å²) in [4.78, 5) is 23.8. The molecule has 2 heterocycles. The number of hydrogen-bond donors (Lipinski definition) is 3. The first-order valence-electron chi connectivity index (χ1n) is 7.88. The van der Waals surface area contributed by atoms with Crippen molar-refractivity contribution in [2.24, 2.45) is 13.0 Å². The van der Waals surface area contributed by atoms with Crippen LogP contribution < -0.4 is 10.6 Å². The Kier molecular flexibility index (Phi) is 4.23. The zero-order valence-electron chi connectivity index (χ0n) is 13.1. The van der Waals surface area contributed by atoms with Crippen LogP contribution in [0.15, 0.2) is 24.4 Å². The molecule has 1 atom stereocenters. The van der Waals surface area contributed by atoms with Gasteiger partial charge in [-0.05, 0) is 43.0 Å². The van der Waals surface area contributed by atoms with E-state index in [9.17, 15) is 14.7 Å². The average molecular weight is 315 g/mol. The molecule has 23 heavy (non-hydrogen) atoms. The second kappa shape index (κ2) is 6.32. The van der Waals surface area contributed by atoms with Gasteiger partial charge in [0.15, 0.2) is 0 Å². The fourth-order valence-electron chi connectivity index (χ4n) is 3.13. The predicted molar refractivity (Wildman–Crippen MR) is 87.0 cm³/mol. The van der Waals surface area contributed by atoms with E-state index >= 15 is 0 Å². The van der Waals surface area contributed by atoms with Crippen molar-refractivity contribution in [3.05, 3.63) is 30.0 Å². The maximum absolute atomic E-state index is 12.1. The molecule has 122 valence electrons. The van der Waals surface area contributed by atoms with Gasteiger partial charge in [0.1, 0.15) is 11.7 Å². The molecule has 2 amide bonds. The standard InChI is InChI=1S/C17H21N3O3/c1-20-10-11(14-9-12(21)4-5-15(14)20)6-8-19-17(23)13-3-2-7-18-16(13)22/h4-5,9-10,13,21H,2-3,6-8H2,1H3,(H,18,22)(H,19,23). The van der Waals surface area contributed by atoms with E-state index in [1.165, 1.54) is 0 Å². The summed E-state index contributed by atoms with van der Waals surface area (Å²) in [6.45, 7) is 1.12. The minimum atomic E-state index is -0.569. The van der Waals surface area contributed by atoms with Gasteiger partial charge in [0.25, 0.3) is 0 Å². The van der Waals surface area contributed by atoms with Crippen molar-refractivity contribution in [2.45, 2.75) is 19.3 Å². The number of aryl methyl sites for hydroxylation is 1. The van der Waals surface area contributed by atoms with Gasteiger partial charge in [-0.15, -0.1) is 0 Å². The zero-order valence-corrected chi connectivity index (χ0v) is 13.1. The number of carbonyl (C=O) groups excluding carboxylic acids is 2. The Morgan fingerprint density at radius 1 is 1.48 bits per heavy atom. The van der Waals surface area contributed by atoms with E-state index in [0.717, 1.165) is 22.9 Å². The van der Waals surface area contributed by atoms with Crippen molar-refractivity contribution in [1.82, 2.24) is 15.2 Å². The molecule has 0 spiro atoms. The quantitative estimate of drug-likeness (QED) is 0.738. The maximum Gasteiger partial charge on any atom is 0.232 e. The lowest BCUT2D eigenvalue weighted by atomic mass is 9.98. The van der Waals surface area contributed by atoms with Gasteiger partial charge in [-0.25, -0.2) is 0 Å². The highest BCUT2D eigenvalue weighted by molar-refractivity contribution is 6.00. The SMILES string of the molecule is Cn1cc(CCNC(=O)C2CCCNC2=O)c2cc(O)ccc21. The number of phenolic OH excluding ortho intramolecular Hbond substituents is 1. The first-order valence-corrected chi connectivity index (χ1v) is 7.88. The Morgan fingerprint density at radius 2 is 2.30 bits per heavy atom. The minimum absolute atomic E-state index is 0.177. The minimum Gasteiger partial charge on any atom is -0.508 e. The van der Waals surface area contributed by atoms with E-state index in [2.05, 4.69) is 10.6 Å². The summed E-state index contributed by atoms with van der Waals surface area (Å²) in [6.07, 6.45) is 4.11. The molecule has 1 fully saturated rings. The van der Waals surface area contributed by atoms with Crippen LogP contribution >= 0.6 is 0 Å². The average Bonchev–Trinajstić information content (AvgIpc) is 2.83. The van der Waals surface area contributed by atoms with Crippen molar-refractivity contribution in [3.8, 4) is 5.75 Å². The van der Waals surface area contributed by atoms with Crippen LogP contribution in [0.25, 0.3) is 10.9 Å². The van der Waals surface area contributed by atoms with Gasteiger partial charge in [0.05, 0.1) is 0 Å². The molecular weight excluding hydrogens is 294 g/mol. The fraction of sp³-hybridized carbons (Fsp3) is 0.412. The summed E-state index contributed by atoms with van der Waals surface area (Å²) >= 11 is 0. The van der Waals surface area contributed by atoms with Crippen LogP contribution in [-0.4, -0.2) is 34.6 Å². The molecule has 0 bridgehead atoms. The van der Waals surface area contributed by atoms with E-state index in [0.29, 0.717) is 25.9 Å². The Morgan fingerprint density at radius 3 is 3.09 bits per heavy atom. The molecule has 3 rings (SSSR count). The third-order valence-corrected chi connectivity index (χ3v) is 4.35. The summed E-state index contributed by atoms with van der Waals surface area (Å²) in [5.41, 5.74) is 2.10. The molecule has 0 radical (unpaired) electrons. The maximum atomic E-state index is 12.1. The second-order valence-electron chi connectivity index (χ2n) is 5.99. The third-order valence-electron chi connectivity index (χ3n) is 4.35. The number of fused-ring (bicyclic) bond motifs is 1. The molecule has 2 aromatic rings. The van der Waals surface area contributed by atoms with Crippen molar-refractivity contribution < 1.29 is 14.7 Å². The first-order chi connectivity index (χ1) is 11.1. The van der Waals surface area contributed by atoms with Gasteiger partial charge in [-0.2, -0.15) is 0 Å². The summed E-state index contributed by atoms with van der Waals surface area (Å²) in [5, 5.41) is 16.2. The number of nitrogens with zero attached hydrogens (tertiary/aromatic N) is 1. The van der Waals surface area contributed by atoms with Crippen LogP contribution in [0.2, 0.25) is 0 Å². The molecule has 1 aromatic carbocycles. The number of aromatic nitrogens is 1. The Labute approximate surface area is 134 Å². The van der Waals surface area contributed by atoms with Crippen molar-refractivity contribution in [1.29, 1.82) is 0 Å². The smallest absolute Gasteiger partial charge is 0.232 e. The summed E-state index contributed by atoms with van der Waals surface area (Å²) in [6, 6.07) is 5.27. The number of amides is 2. The highest BCUT2D eigenvalue weighted by Gasteiger charge is 2.28. The first kappa shape index (κ1) is 15.4.